The molecule has 34 heavy (non-hydrogen) atoms. The summed E-state index contributed by atoms with van der Waals surface area (Å²) in [7, 11) is 0. The van der Waals surface area contributed by atoms with Crippen LogP contribution in [0.2, 0.25) is 0 Å². The van der Waals surface area contributed by atoms with Crippen LogP contribution in [0.15, 0.2) is 82.3 Å². The van der Waals surface area contributed by atoms with E-state index < -0.39 is 11.9 Å². The Bertz CT molecular complexity index is 1740. The lowest BCUT2D eigenvalue weighted by Gasteiger charge is -2.20. The Morgan fingerprint density at radius 2 is 1.74 bits per heavy atom. The molecule has 1 unspecified atom stereocenters. The van der Waals surface area contributed by atoms with Crippen LogP contribution in [0.4, 0.5) is 0 Å². The van der Waals surface area contributed by atoms with Crippen LogP contribution >= 0.6 is 0 Å². The third-order valence-electron chi connectivity index (χ3n) is 6.11. The molecular weight excluding hydrogens is 432 g/mol. The van der Waals surface area contributed by atoms with Crippen molar-refractivity contribution in [2.75, 3.05) is 0 Å². The Morgan fingerprint density at radius 1 is 0.941 bits per heavy atom. The molecule has 7 heteroatoms. The molecule has 6 rings (SSSR count). The number of rotatable bonds is 2. The molecule has 1 atom stereocenters. The van der Waals surface area contributed by atoms with Crippen LogP contribution in [-0.2, 0) is 4.79 Å². The number of fused-ring (bicyclic) bond motifs is 4. The van der Waals surface area contributed by atoms with Crippen molar-refractivity contribution in [3.8, 4) is 5.75 Å². The summed E-state index contributed by atoms with van der Waals surface area (Å²) in [4.78, 5) is 34.5. The van der Waals surface area contributed by atoms with Gasteiger partial charge >= 0.3 is 5.97 Å². The molecule has 2 heterocycles. The Morgan fingerprint density at radius 3 is 2.56 bits per heavy atom. The van der Waals surface area contributed by atoms with Gasteiger partial charge in [-0.1, -0.05) is 30.3 Å². The molecule has 0 saturated heterocycles. The number of benzene rings is 3. The molecule has 164 valence electrons. The normalized spacial score (nSPS) is 14.8. The van der Waals surface area contributed by atoms with Crippen LogP contribution in [0.1, 0.15) is 33.9 Å². The topological polar surface area (TPSA) is 114 Å². The van der Waals surface area contributed by atoms with E-state index in [0.29, 0.717) is 27.9 Å². The molecule has 0 bridgehead atoms. The first-order valence-corrected chi connectivity index (χ1v) is 10.6. The van der Waals surface area contributed by atoms with E-state index in [1.165, 1.54) is 24.3 Å². The van der Waals surface area contributed by atoms with Gasteiger partial charge < -0.3 is 14.6 Å². The summed E-state index contributed by atoms with van der Waals surface area (Å²) < 4.78 is 6.26. The molecule has 0 aliphatic heterocycles. The second-order valence-corrected chi connectivity index (χ2v) is 8.08. The Hall–Kier alpha value is -4.78. The predicted octanol–water partition coefficient (Wildman–Crippen LogP) is 4.56. The van der Waals surface area contributed by atoms with Crippen LogP contribution in [0.25, 0.3) is 33.7 Å². The van der Waals surface area contributed by atoms with Gasteiger partial charge in [-0.3, -0.25) is 14.8 Å². The van der Waals surface area contributed by atoms with Crippen molar-refractivity contribution in [3.05, 3.63) is 111 Å². The van der Waals surface area contributed by atoms with Crippen LogP contribution in [0.5, 0.6) is 5.75 Å². The average molecular weight is 448 g/mol. The molecule has 0 fully saturated rings. The molecule has 2 N–H and O–H groups in total. The fraction of sp³-hybridized carbons (Fsp3) is 0.0370. The lowest BCUT2D eigenvalue weighted by molar-refractivity contribution is -0.130. The second kappa shape index (κ2) is 7.38. The molecule has 5 aromatic rings. The minimum absolute atomic E-state index is 0.00496. The van der Waals surface area contributed by atoms with Crippen LogP contribution in [0.3, 0.4) is 0 Å². The van der Waals surface area contributed by atoms with E-state index in [1.54, 1.807) is 24.5 Å². The summed E-state index contributed by atoms with van der Waals surface area (Å²) in [5, 5.41) is 20.3. The van der Waals surface area contributed by atoms with Gasteiger partial charge in [0.2, 0.25) is 0 Å². The highest BCUT2D eigenvalue weighted by molar-refractivity contribution is 6.21. The number of carboxylic acids is 1. The molecule has 3 aromatic carbocycles. The van der Waals surface area contributed by atoms with Crippen molar-refractivity contribution in [2.24, 2.45) is 0 Å². The van der Waals surface area contributed by atoms with E-state index >= 15 is 0 Å². The molecule has 7 nitrogen and oxygen atoms in total. The highest BCUT2D eigenvalue weighted by atomic mass is 16.4. The van der Waals surface area contributed by atoms with Gasteiger partial charge in [0.15, 0.2) is 5.43 Å². The van der Waals surface area contributed by atoms with E-state index in [4.69, 9.17) is 4.42 Å². The molecule has 1 aliphatic carbocycles. The fourth-order valence-electron chi connectivity index (χ4n) is 4.59. The van der Waals surface area contributed by atoms with Gasteiger partial charge in [0.05, 0.1) is 33.5 Å². The standard InChI is InChI=1S/C27H16N2O5/c30-15-6-7-18-23(12-15)34-26-20(25(18)31)13-19(27(32)33)16-3-1-2-4-17(16)24(26)14-5-8-21-22(11-14)29-10-9-28-21/h1-13,24,30H,(H,32,33). The largest absolute Gasteiger partial charge is 0.508 e. The van der Waals surface area contributed by atoms with Crippen LogP contribution in [-0.4, -0.2) is 26.2 Å². The molecule has 1 aliphatic rings. The minimum Gasteiger partial charge on any atom is -0.508 e. The number of aromatic hydroxyl groups is 1. The number of carbonyl (C=O) groups is 1. The van der Waals surface area contributed by atoms with Gasteiger partial charge in [0.1, 0.15) is 17.1 Å². The van der Waals surface area contributed by atoms with Gasteiger partial charge in [0, 0.05) is 18.5 Å². The number of aliphatic carboxylic acids is 1. The number of hydrogen-bond donors (Lipinski definition) is 2. The number of phenols is 1. The molecule has 0 amide bonds. The maximum Gasteiger partial charge on any atom is 0.336 e. The number of hydrogen-bond acceptors (Lipinski definition) is 6. The van der Waals surface area contributed by atoms with E-state index in [0.717, 1.165) is 5.56 Å². The number of carboxylic acid groups (broad SMARTS) is 1. The van der Waals surface area contributed by atoms with Crippen molar-refractivity contribution in [1.29, 1.82) is 0 Å². The Kier molecular flexibility index (Phi) is 4.31. The van der Waals surface area contributed by atoms with Gasteiger partial charge in [0.25, 0.3) is 0 Å². The van der Waals surface area contributed by atoms with E-state index in [2.05, 4.69) is 9.97 Å². The van der Waals surface area contributed by atoms with Gasteiger partial charge in [-0.15, -0.1) is 0 Å². The zero-order valence-corrected chi connectivity index (χ0v) is 17.6. The maximum absolute atomic E-state index is 13.5. The molecule has 0 saturated carbocycles. The van der Waals surface area contributed by atoms with Gasteiger partial charge in [-0.25, -0.2) is 4.79 Å². The SMILES string of the molecule is O=C(O)C1=Cc2c(oc3cc(O)ccc3c2=O)C(c2ccc3nccnc3c2)c2ccccc21. The average Bonchev–Trinajstić information content (AvgIpc) is 2.98. The monoisotopic (exact) mass is 448 g/mol. The molecule has 2 aromatic heterocycles. The highest BCUT2D eigenvalue weighted by Crippen LogP contribution is 2.42. The second-order valence-electron chi connectivity index (χ2n) is 8.08. The summed E-state index contributed by atoms with van der Waals surface area (Å²) >= 11 is 0. The fourth-order valence-corrected chi connectivity index (χ4v) is 4.59. The summed E-state index contributed by atoms with van der Waals surface area (Å²) in [6.07, 6.45) is 4.59. The third-order valence-corrected chi connectivity index (χ3v) is 6.11. The summed E-state index contributed by atoms with van der Waals surface area (Å²) in [6, 6.07) is 17.0. The van der Waals surface area contributed by atoms with Crippen molar-refractivity contribution >= 4 is 39.6 Å². The van der Waals surface area contributed by atoms with Crippen LogP contribution < -0.4 is 5.43 Å². The minimum atomic E-state index is -1.14. The van der Waals surface area contributed by atoms with Gasteiger partial charge in [-0.2, -0.15) is 0 Å². The molecule has 0 radical (unpaired) electrons. The zero-order valence-electron chi connectivity index (χ0n) is 17.6. The summed E-state index contributed by atoms with van der Waals surface area (Å²) in [6.45, 7) is 0. The quantitative estimate of drug-likeness (QED) is 0.407. The van der Waals surface area contributed by atoms with Crippen molar-refractivity contribution in [1.82, 2.24) is 9.97 Å². The smallest absolute Gasteiger partial charge is 0.336 e. The Balaban J connectivity index is 1.76. The number of phenolic OH excluding ortho intramolecular Hbond substituents is 1. The third kappa shape index (κ3) is 2.98. The van der Waals surface area contributed by atoms with E-state index in [1.807, 2.05) is 30.3 Å². The van der Waals surface area contributed by atoms with E-state index in [9.17, 15) is 19.8 Å². The first-order chi connectivity index (χ1) is 16.5. The summed E-state index contributed by atoms with van der Waals surface area (Å²) in [5.41, 5.74) is 3.34. The number of nitrogens with zero attached hydrogens (tertiary/aromatic N) is 2. The van der Waals surface area contributed by atoms with Crippen molar-refractivity contribution in [3.63, 3.8) is 0 Å². The first-order valence-electron chi connectivity index (χ1n) is 10.6. The zero-order chi connectivity index (χ0) is 23.4. The maximum atomic E-state index is 13.5. The lowest BCUT2D eigenvalue weighted by Crippen LogP contribution is -2.13. The highest BCUT2D eigenvalue weighted by Gasteiger charge is 2.32. The van der Waals surface area contributed by atoms with Crippen LogP contribution in [0, 0.1) is 0 Å². The Labute approximate surface area is 192 Å². The van der Waals surface area contributed by atoms with Gasteiger partial charge in [-0.05, 0) is 47.0 Å². The molecular formula is C27H16N2O5. The lowest BCUT2D eigenvalue weighted by atomic mass is 9.85. The number of aromatic nitrogens is 2. The predicted molar refractivity (Wildman–Crippen MR) is 127 cm³/mol. The molecule has 0 spiro atoms. The van der Waals surface area contributed by atoms with Crippen molar-refractivity contribution in [2.45, 2.75) is 5.92 Å². The summed E-state index contributed by atoms with van der Waals surface area (Å²) in [5.74, 6) is -1.47. The first kappa shape index (κ1) is 19.9. The van der Waals surface area contributed by atoms with E-state index in [-0.39, 0.29) is 33.3 Å². The van der Waals surface area contributed by atoms with Crippen molar-refractivity contribution < 1.29 is 19.4 Å².